The number of benzene rings is 1. The van der Waals surface area contributed by atoms with E-state index < -0.39 is 5.60 Å². The van der Waals surface area contributed by atoms with Crippen molar-refractivity contribution >= 4 is 17.3 Å². The third-order valence-electron chi connectivity index (χ3n) is 3.07. The van der Waals surface area contributed by atoms with Gasteiger partial charge in [0.25, 0.3) is 0 Å². The third-order valence-corrected chi connectivity index (χ3v) is 3.30. The first-order chi connectivity index (χ1) is 7.57. The van der Waals surface area contributed by atoms with Crippen molar-refractivity contribution in [3.05, 3.63) is 29.3 Å². The van der Waals surface area contributed by atoms with Crippen LogP contribution in [-0.4, -0.2) is 23.3 Å². The molecule has 3 nitrogen and oxygen atoms in total. The van der Waals surface area contributed by atoms with Crippen LogP contribution in [0.25, 0.3) is 0 Å². The van der Waals surface area contributed by atoms with Gasteiger partial charge in [-0.3, -0.25) is 0 Å². The molecule has 0 amide bonds. The molecule has 88 valence electrons. The lowest BCUT2D eigenvalue weighted by molar-refractivity contribution is 0.0601. The fourth-order valence-electron chi connectivity index (χ4n) is 2.17. The van der Waals surface area contributed by atoms with E-state index in [9.17, 15) is 5.11 Å². The molecular weight excluding hydrogens is 224 g/mol. The van der Waals surface area contributed by atoms with E-state index in [0.717, 1.165) is 18.5 Å². The minimum atomic E-state index is -0.665. The van der Waals surface area contributed by atoms with Gasteiger partial charge < -0.3 is 16.2 Å². The van der Waals surface area contributed by atoms with Crippen molar-refractivity contribution in [1.82, 2.24) is 0 Å². The lowest BCUT2D eigenvalue weighted by Gasteiger charge is -2.23. The number of hydrogen-bond acceptors (Lipinski definition) is 3. The summed E-state index contributed by atoms with van der Waals surface area (Å²) < 4.78 is 0. The fourth-order valence-corrected chi connectivity index (χ4v) is 2.36. The summed E-state index contributed by atoms with van der Waals surface area (Å²) in [5.41, 5.74) is 6.06. The Labute approximate surface area is 101 Å². The van der Waals surface area contributed by atoms with E-state index in [1.54, 1.807) is 0 Å². The van der Waals surface area contributed by atoms with Crippen molar-refractivity contribution in [1.29, 1.82) is 0 Å². The van der Waals surface area contributed by atoms with Gasteiger partial charge in [0, 0.05) is 23.3 Å². The Kier molecular flexibility index (Phi) is 3.38. The molecule has 0 aliphatic heterocycles. The Morgan fingerprint density at radius 2 is 2.38 bits per heavy atom. The molecule has 1 saturated carbocycles. The molecule has 0 radical (unpaired) electrons. The van der Waals surface area contributed by atoms with Gasteiger partial charge >= 0.3 is 0 Å². The third kappa shape index (κ3) is 2.88. The maximum atomic E-state index is 10.2. The molecule has 1 aliphatic rings. The molecule has 4 heteroatoms. The Bertz CT molecular complexity index is 372. The first-order valence-electron chi connectivity index (χ1n) is 5.55. The molecule has 1 aromatic carbocycles. The molecule has 0 heterocycles. The highest BCUT2D eigenvalue weighted by Crippen LogP contribution is 2.29. The molecule has 1 aromatic rings. The molecule has 0 aromatic heterocycles. The van der Waals surface area contributed by atoms with Crippen LogP contribution in [0.15, 0.2) is 24.3 Å². The van der Waals surface area contributed by atoms with E-state index in [4.69, 9.17) is 17.3 Å². The predicted octanol–water partition coefficient (Wildman–Crippen LogP) is 1.99. The van der Waals surface area contributed by atoms with Crippen LogP contribution in [0, 0.1) is 0 Å². The zero-order valence-electron chi connectivity index (χ0n) is 9.12. The van der Waals surface area contributed by atoms with E-state index in [1.165, 1.54) is 0 Å². The van der Waals surface area contributed by atoms with Gasteiger partial charge in [0.2, 0.25) is 0 Å². The van der Waals surface area contributed by atoms with E-state index >= 15 is 0 Å². The SMILES string of the molecule is NC1CCC(O)(CNc2cccc(Cl)c2)C1. The van der Waals surface area contributed by atoms with Crippen LogP contribution < -0.4 is 11.1 Å². The molecule has 2 atom stereocenters. The lowest BCUT2D eigenvalue weighted by Crippen LogP contribution is -2.35. The van der Waals surface area contributed by atoms with Gasteiger partial charge in [0.1, 0.15) is 0 Å². The maximum Gasteiger partial charge on any atom is 0.0834 e. The predicted molar refractivity (Wildman–Crippen MR) is 66.7 cm³/mol. The van der Waals surface area contributed by atoms with Crippen molar-refractivity contribution in [2.75, 3.05) is 11.9 Å². The summed E-state index contributed by atoms with van der Waals surface area (Å²) in [6.07, 6.45) is 2.33. The van der Waals surface area contributed by atoms with Crippen LogP contribution in [0.5, 0.6) is 0 Å². The Hall–Kier alpha value is -0.770. The van der Waals surface area contributed by atoms with Crippen LogP contribution in [-0.2, 0) is 0 Å². The van der Waals surface area contributed by atoms with E-state index in [0.29, 0.717) is 18.0 Å². The molecule has 2 rings (SSSR count). The quantitative estimate of drug-likeness (QED) is 0.758. The molecule has 4 N–H and O–H groups in total. The minimum Gasteiger partial charge on any atom is -0.388 e. The van der Waals surface area contributed by atoms with Gasteiger partial charge in [0.05, 0.1) is 5.60 Å². The average Bonchev–Trinajstić information content (AvgIpc) is 2.57. The monoisotopic (exact) mass is 240 g/mol. The Morgan fingerprint density at radius 1 is 1.56 bits per heavy atom. The molecule has 16 heavy (non-hydrogen) atoms. The molecule has 0 bridgehead atoms. The van der Waals surface area contributed by atoms with Crippen molar-refractivity contribution in [3.63, 3.8) is 0 Å². The van der Waals surface area contributed by atoms with Crippen LogP contribution in [0.3, 0.4) is 0 Å². The zero-order valence-corrected chi connectivity index (χ0v) is 9.87. The average molecular weight is 241 g/mol. The molecule has 1 aliphatic carbocycles. The van der Waals surface area contributed by atoms with Gasteiger partial charge in [0.15, 0.2) is 0 Å². The van der Waals surface area contributed by atoms with Gasteiger partial charge in [-0.05, 0) is 37.5 Å². The second-order valence-corrected chi connectivity index (χ2v) is 5.03. The Morgan fingerprint density at radius 3 is 3.00 bits per heavy atom. The summed E-state index contributed by atoms with van der Waals surface area (Å²) in [6.45, 7) is 0.529. The second-order valence-electron chi connectivity index (χ2n) is 4.59. The normalized spacial score (nSPS) is 29.3. The summed E-state index contributed by atoms with van der Waals surface area (Å²) in [5, 5.41) is 14.1. The number of nitrogens with two attached hydrogens (primary N) is 1. The molecular formula is C12H17ClN2O. The summed E-state index contributed by atoms with van der Waals surface area (Å²) in [6, 6.07) is 7.62. The first-order valence-corrected chi connectivity index (χ1v) is 5.93. The second kappa shape index (κ2) is 4.62. The van der Waals surface area contributed by atoms with Crippen LogP contribution in [0.4, 0.5) is 5.69 Å². The topological polar surface area (TPSA) is 58.3 Å². The molecule has 0 spiro atoms. The summed E-state index contributed by atoms with van der Waals surface area (Å²) >= 11 is 5.88. The van der Waals surface area contributed by atoms with Crippen LogP contribution in [0.1, 0.15) is 19.3 Å². The number of rotatable bonds is 3. The highest BCUT2D eigenvalue weighted by molar-refractivity contribution is 6.30. The van der Waals surface area contributed by atoms with Crippen LogP contribution in [0.2, 0.25) is 5.02 Å². The van der Waals surface area contributed by atoms with Gasteiger partial charge in [-0.15, -0.1) is 0 Å². The number of anilines is 1. The number of aliphatic hydroxyl groups is 1. The summed E-state index contributed by atoms with van der Waals surface area (Å²) in [5.74, 6) is 0. The van der Waals surface area contributed by atoms with Gasteiger partial charge in [-0.25, -0.2) is 0 Å². The van der Waals surface area contributed by atoms with Crippen molar-refractivity contribution in [2.24, 2.45) is 5.73 Å². The van der Waals surface area contributed by atoms with Gasteiger partial charge in [-0.2, -0.15) is 0 Å². The van der Waals surface area contributed by atoms with Crippen LogP contribution >= 0.6 is 11.6 Å². The first kappa shape index (κ1) is 11.7. The minimum absolute atomic E-state index is 0.131. The van der Waals surface area contributed by atoms with E-state index in [1.807, 2.05) is 24.3 Å². The number of nitrogens with one attached hydrogen (secondary N) is 1. The molecule has 1 fully saturated rings. The zero-order chi connectivity index (χ0) is 11.6. The van der Waals surface area contributed by atoms with Gasteiger partial charge in [-0.1, -0.05) is 17.7 Å². The summed E-state index contributed by atoms with van der Waals surface area (Å²) in [7, 11) is 0. The fraction of sp³-hybridized carbons (Fsp3) is 0.500. The number of halogens is 1. The van der Waals surface area contributed by atoms with Crippen molar-refractivity contribution in [3.8, 4) is 0 Å². The molecule has 0 saturated heterocycles. The highest BCUT2D eigenvalue weighted by Gasteiger charge is 2.35. The van der Waals surface area contributed by atoms with E-state index in [-0.39, 0.29) is 6.04 Å². The standard InChI is InChI=1S/C12H17ClN2O/c13-9-2-1-3-11(6-9)15-8-12(16)5-4-10(14)7-12/h1-3,6,10,15-16H,4-5,7-8,14H2. The summed E-state index contributed by atoms with van der Waals surface area (Å²) in [4.78, 5) is 0. The largest absolute Gasteiger partial charge is 0.388 e. The molecule has 2 unspecified atom stereocenters. The Balaban J connectivity index is 1.92. The smallest absolute Gasteiger partial charge is 0.0834 e. The number of hydrogen-bond donors (Lipinski definition) is 3. The highest BCUT2D eigenvalue weighted by atomic mass is 35.5. The van der Waals surface area contributed by atoms with Crippen molar-refractivity contribution < 1.29 is 5.11 Å². The van der Waals surface area contributed by atoms with E-state index in [2.05, 4.69) is 5.32 Å². The maximum absolute atomic E-state index is 10.2. The lowest BCUT2D eigenvalue weighted by atomic mass is 10.0. The van der Waals surface area contributed by atoms with Crippen molar-refractivity contribution in [2.45, 2.75) is 30.9 Å².